The van der Waals surface area contributed by atoms with Crippen LogP contribution in [0.3, 0.4) is 0 Å². The van der Waals surface area contributed by atoms with E-state index < -0.39 is 0 Å². The van der Waals surface area contributed by atoms with Crippen molar-refractivity contribution in [3.8, 4) is 33.4 Å². The van der Waals surface area contributed by atoms with Gasteiger partial charge in [-0.05, 0) is 86.3 Å². The lowest BCUT2D eigenvalue weighted by Gasteiger charge is -2.30. The first kappa shape index (κ1) is 18.9. The molecule has 156 valence electrons. The quantitative estimate of drug-likeness (QED) is 0.239. The molecule has 0 aromatic heterocycles. The number of hydrogen-bond acceptors (Lipinski definition) is 0. The molecule has 1 heteroatoms. The number of benzene rings is 5. The second-order valence-corrected chi connectivity index (χ2v) is 9.60. The molecule has 0 N–H and O–H groups in total. The molecule has 0 nitrogen and oxygen atoms in total. The van der Waals surface area contributed by atoms with Gasteiger partial charge in [-0.25, -0.2) is 0 Å². The number of hydrogen-bond donors (Lipinski definition) is 0. The van der Waals surface area contributed by atoms with Gasteiger partial charge in [-0.15, -0.1) is 0 Å². The molecule has 0 saturated carbocycles. The lowest BCUT2D eigenvalue weighted by Crippen LogP contribution is -2.25. The lowest BCUT2D eigenvalue weighted by atomic mass is 9.70. The van der Waals surface area contributed by atoms with Gasteiger partial charge in [0.05, 0.1) is 5.41 Å². The first-order chi connectivity index (χ1) is 16.2. The summed E-state index contributed by atoms with van der Waals surface area (Å²) in [4.78, 5) is 0. The van der Waals surface area contributed by atoms with Crippen LogP contribution in [0.15, 0.2) is 109 Å². The molecule has 0 unspecified atom stereocenters. The molecule has 0 radical (unpaired) electrons. The minimum atomic E-state index is -0.276. The Morgan fingerprint density at radius 1 is 0.485 bits per heavy atom. The van der Waals surface area contributed by atoms with Gasteiger partial charge in [0.25, 0.3) is 0 Å². The van der Waals surface area contributed by atoms with Gasteiger partial charge in [-0.2, -0.15) is 0 Å². The summed E-state index contributed by atoms with van der Waals surface area (Å²) in [6.07, 6.45) is 0. The van der Waals surface area contributed by atoms with Crippen LogP contribution < -0.4 is 0 Å². The van der Waals surface area contributed by atoms with Crippen LogP contribution in [-0.2, 0) is 5.41 Å². The van der Waals surface area contributed by atoms with E-state index in [1.54, 1.807) is 0 Å². The van der Waals surface area contributed by atoms with Gasteiger partial charge in [0, 0.05) is 5.02 Å². The van der Waals surface area contributed by atoms with E-state index >= 15 is 0 Å². The van der Waals surface area contributed by atoms with Crippen LogP contribution in [0.2, 0.25) is 5.02 Å². The second-order valence-electron chi connectivity index (χ2n) is 9.16. The fourth-order valence-corrected chi connectivity index (χ4v) is 6.47. The highest BCUT2D eigenvalue weighted by molar-refractivity contribution is 6.31. The molecule has 2 aliphatic rings. The highest BCUT2D eigenvalue weighted by Gasteiger charge is 2.51. The minimum Gasteiger partial charge on any atom is -0.0843 e. The van der Waals surface area contributed by atoms with Crippen LogP contribution in [0, 0.1) is 6.92 Å². The molecule has 0 fully saturated rings. The Morgan fingerprint density at radius 2 is 1.00 bits per heavy atom. The summed E-state index contributed by atoms with van der Waals surface area (Å²) >= 11 is 6.41. The molecule has 5 aromatic rings. The van der Waals surface area contributed by atoms with E-state index in [-0.39, 0.29) is 5.41 Å². The number of aryl methyl sites for hydroxylation is 1. The van der Waals surface area contributed by atoms with Gasteiger partial charge in [0.2, 0.25) is 0 Å². The third-order valence-electron chi connectivity index (χ3n) is 7.37. The number of rotatable bonds is 1. The van der Waals surface area contributed by atoms with Crippen molar-refractivity contribution in [1.82, 2.24) is 0 Å². The maximum Gasteiger partial charge on any atom is 0.0725 e. The molecule has 0 amide bonds. The predicted octanol–water partition coefficient (Wildman–Crippen LogP) is 8.66. The number of halogens is 1. The molecule has 2 aliphatic carbocycles. The Kier molecular flexibility index (Phi) is 3.84. The van der Waals surface area contributed by atoms with Crippen molar-refractivity contribution >= 4 is 11.6 Å². The average molecular weight is 441 g/mol. The number of fused-ring (bicyclic) bond motifs is 10. The van der Waals surface area contributed by atoms with E-state index in [1.165, 1.54) is 55.6 Å². The molecule has 0 saturated heterocycles. The maximum absolute atomic E-state index is 6.41. The van der Waals surface area contributed by atoms with Crippen molar-refractivity contribution in [3.63, 3.8) is 0 Å². The second kappa shape index (κ2) is 6.70. The van der Waals surface area contributed by atoms with Gasteiger partial charge in [-0.3, -0.25) is 0 Å². The molecule has 0 bridgehead atoms. The summed E-state index contributed by atoms with van der Waals surface area (Å²) < 4.78 is 0. The third-order valence-corrected chi connectivity index (χ3v) is 7.59. The van der Waals surface area contributed by atoms with Crippen LogP contribution in [-0.4, -0.2) is 0 Å². The van der Waals surface area contributed by atoms with Crippen molar-refractivity contribution in [2.75, 3.05) is 0 Å². The van der Waals surface area contributed by atoms with E-state index in [0.717, 1.165) is 10.6 Å². The summed E-state index contributed by atoms with van der Waals surface area (Å²) in [5.41, 5.74) is 14.1. The Bertz CT molecular complexity index is 1520. The van der Waals surface area contributed by atoms with Gasteiger partial charge in [0.1, 0.15) is 0 Å². The molecule has 7 rings (SSSR count). The summed E-state index contributed by atoms with van der Waals surface area (Å²) in [6, 6.07) is 40.0. The molecule has 5 aromatic carbocycles. The van der Waals surface area contributed by atoms with Crippen LogP contribution in [0.5, 0.6) is 0 Å². The normalized spacial score (nSPS) is 14.0. The van der Waals surface area contributed by atoms with Gasteiger partial charge in [-0.1, -0.05) is 103 Å². The highest BCUT2D eigenvalue weighted by atomic mass is 35.5. The zero-order valence-corrected chi connectivity index (χ0v) is 19.0. The monoisotopic (exact) mass is 440 g/mol. The van der Waals surface area contributed by atoms with E-state index in [1.807, 2.05) is 6.07 Å². The largest absolute Gasteiger partial charge is 0.0843 e. The smallest absolute Gasteiger partial charge is 0.0725 e. The van der Waals surface area contributed by atoms with Crippen molar-refractivity contribution < 1.29 is 0 Å². The molecule has 0 aliphatic heterocycles. The maximum atomic E-state index is 6.41. The summed E-state index contributed by atoms with van der Waals surface area (Å²) in [5, 5.41) is 0.779. The van der Waals surface area contributed by atoms with E-state index in [0.29, 0.717) is 0 Å². The van der Waals surface area contributed by atoms with E-state index in [2.05, 4.69) is 110 Å². The van der Waals surface area contributed by atoms with Crippen LogP contribution >= 0.6 is 11.6 Å². The summed E-state index contributed by atoms with van der Waals surface area (Å²) in [6.45, 7) is 2.10. The van der Waals surface area contributed by atoms with Crippen molar-refractivity contribution in [3.05, 3.63) is 142 Å². The standard InChI is InChI=1S/C32H21Cl/c1-20-16-22(18-23(33)17-20)21-14-15-31-27(19-21)26-10-4-7-13-30(26)32(31)28-11-5-2-8-24(28)25-9-3-6-12-29(25)32/h2-19H,1H3. The zero-order valence-electron chi connectivity index (χ0n) is 18.3. The van der Waals surface area contributed by atoms with Gasteiger partial charge < -0.3 is 0 Å². The fraction of sp³-hybridized carbons (Fsp3) is 0.0625. The fourth-order valence-electron chi connectivity index (χ4n) is 6.18. The highest BCUT2D eigenvalue weighted by Crippen LogP contribution is 2.62. The first-order valence-electron chi connectivity index (χ1n) is 11.4. The molecular formula is C32H21Cl. The molecular weight excluding hydrogens is 420 g/mol. The summed E-state index contributed by atoms with van der Waals surface area (Å²) in [5.74, 6) is 0. The topological polar surface area (TPSA) is 0 Å². The Labute approximate surface area is 199 Å². The summed E-state index contributed by atoms with van der Waals surface area (Å²) in [7, 11) is 0. The van der Waals surface area contributed by atoms with E-state index in [4.69, 9.17) is 11.6 Å². The van der Waals surface area contributed by atoms with Crippen LogP contribution in [0.1, 0.15) is 27.8 Å². The minimum absolute atomic E-state index is 0.276. The Hall–Kier alpha value is -3.61. The van der Waals surface area contributed by atoms with E-state index in [9.17, 15) is 0 Å². The van der Waals surface area contributed by atoms with Crippen molar-refractivity contribution in [1.29, 1.82) is 0 Å². The Balaban J connectivity index is 1.58. The molecule has 0 heterocycles. The van der Waals surface area contributed by atoms with Gasteiger partial charge >= 0.3 is 0 Å². The van der Waals surface area contributed by atoms with Crippen LogP contribution in [0.25, 0.3) is 33.4 Å². The molecule has 0 atom stereocenters. The van der Waals surface area contributed by atoms with Crippen molar-refractivity contribution in [2.45, 2.75) is 12.3 Å². The van der Waals surface area contributed by atoms with Crippen LogP contribution in [0.4, 0.5) is 0 Å². The predicted molar refractivity (Wildman–Crippen MR) is 138 cm³/mol. The zero-order chi connectivity index (χ0) is 22.2. The lowest BCUT2D eigenvalue weighted by molar-refractivity contribution is 0.794. The van der Waals surface area contributed by atoms with Crippen molar-refractivity contribution in [2.24, 2.45) is 0 Å². The first-order valence-corrected chi connectivity index (χ1v) is 11.8. The Morgan fingerprint density at radius 3 is 1.58 bits per heavy atom. The third kappa shape index (κ3) is 2.42. The SMILES string of the molecule is Cc1cc(Cl)cc(-c2ccc3c(c2)-c2ccccc2C32c3ccccc3-c3ccccc32)c1. The molecule has 33 heavy (non-hydrogen) atoms. The molecule has 1 spiro atoms. The van der Waals surface area contributed by atoms with Gasteiger partial charge in [0.15, 0.2) is 0 Å². The average Bonchev–Trinajstić information content (AvgIpc) is 3.31.